The molecule has 4 rings (SSSR count). The van der Waals surface area contributed by atoms with Crippen molar-refractivity contribution in [2.75, 3.05) is 45.9 Å². The van der Waals surface area contributed by atoms with Crippen LogP contribution in [0.5, 0.6) is 0 Å². The van der Waals surface area contributed by atoms with Crippen molar-refractivity contribution in [3.8, 4) is 0 Å². The van der Waals surface area contributed by atoms with Crippen molar-refractivity contribution >= 4 is 0 Å². The molecular formula is C29H58N8O12. The lowest BCUT2D eigenvalue weighted by Crippen LogP contribution is -2.66. The molecule has 2 saturated heterocycles. The summed E-state index contributed by atoms with van der Waals surface area (Å²) in [5.74, 6) is 0. The van der Waals surface area contributed by atoms with E-state index in [9.17, 15) is 30.6 Å². The van der Waals surface area contributed by atoms with Crippen molar-refractivity contribution in [1.82, 2.24) is 10.6 Å². The lowest BCUT2D eigenvalue weighted by atomic mass is 9.83. The van der Waals surface area contributed by atoms with Crippen LogP contribution in [0.1, 0.15) is 12.8 Å². The number of ether oxygens (including phenoxy) is 6. The van der Waals surface area contributed by atoms with Gasteiger partial charge in [0.2, 0.25) is 0 Å². The predicted molar refractivity (Wildman–Crippen MR) is 172 cm³/mol. The fraction of sp³-hybridized carbons (Fsp3) is 0.931. The lowest BCUT2D eigenvalue weighted by molar-refractivity contribution is -0.284. The van der Waals surface area contributed by atoms with Crippen LogP contribution in [0.25, 0.3) is 0 Å². The van der Waals surface area contributed by atoms with E-state index in [4.69, 9.17) is 62.8 Å². The summed E-state index contributed by atoms with van der Waals surface area (Å²) in [6.45, 7) is 0.982. The summed E-state index contributed by atoms with van der Waals surface area (Å²) >= 11 is 0. The Labute approximate surface area is 285 Å². The molecule has 3 heterocycles. The third kappa shape index (κ3) is 10.1. The Morgan fingerprint density at radius 3 is 2.16 bits per heavy atom. The third-order valence-electron chi connectivity index (χ3n) is 9.31. The first-order valence-electron chi connectivity index (χ1n) is 16.9. The van der Waals surface area contributed by atoms with Crippen LogP contribution in [0.3, 0.4) is 0 Å². The second-order valence-corrected chi connectivity index (χ2v) is 13.0. The van der Waals surface area contributed by atoms with Crippen LogP contribution in [-0.4, -0.2) is 187 Å². The van der Waals surface area contributed by atoms with Gasteiger partial charge in [0.1, 0.15) is 48.8 Å². The molecule has 0 radical (unpaired) electrons. The average Bonchev–Trinajstić information content (AvgIpc) is 3.39. The van der Waals surface area contributed by atoms with Crippen LogP contribution in [0.2, 0.25) is 0 Å². The number of hydrogen-bond donors (Lipinski definition) is 14. The molecule has 20 nitrogen and oxygen atoms in total. The normalized spacial score (nSPS) is 45.1. The van der Waals surface area contributed by atoms with E-state index in [2.05, 4.69) is 10.6 Å². The van der Waals surface area contributed by atoms with Crippen molar-refractivity contribution < 1.29 is 59.1 Å². The molecule has 3 fully saturated rings. The van der Waals surface area contributed by atoms with Gasteiger partial charge in [-0.1, -0.05) is 12.2 Å². The van der Waals surface area contributed by atoms with Crippen LogP contribution >= 0.6 is 0 Å². The van der Waals surface area contributed by atoms with Crippen molar-refractivity contribution in [3.05, 3.63) is 12.2 Å². The van der Waals surface area contributed by atoms with E-state index in [1.165, 1.54) is 0 Å². The molecule has 4 aliphatic rings. The lowest BCUT2D eigenvalue weighted by Gasteiger charge is -2.46. The molecular weight excluding hydrogens is 652 g/mol. The Bertz CT molecular complexity index is 1010. The molecule has 18 atom stereocenters. The summed E-state index contributed by atoms with van der Waals surface area (Å²) in [5, 5.41) is 70.1. The van der Waals surface area contributed by atoms with Gasteiger partial charge in [0.05, 0.1) is 37.0 Å². The minimum Gasteiger partial charge on any atom is -0.394 e. The molecule has 49 heavy (non-hydrogen) atoms. The molecule has 0 spiro atoms. The van der Waals surface area contributed by atoms with Crippen LogP contribution in [0.4, 0.5) is 0 Å². The number of nitrogens with one attached hydrogen (secondary N) is 2. The predicted octanol–water partition coefficient (Wildman–Crippen LogP) is -8.13. The Morgan fingerprint density at radius 1 is 0.796 bits per heavy atom. The summed E-state index contributed by atoms with van der Waals surface area (Å²) in [7, 11) is 0. The Balaban J connectivity index is 1.51. The quantitative estimate of drug-likeness (QED) is 0.0492. The van der Waals surface area contributed by atoms with E-state index in [0.29, 0.717) is 19.6 Å². The van der Waals surface area contributed by atoms with Crippen LogP contribution in [0.15, 0.2) is 12.2 Å². The van der Waals surface area contributed by atoms with Gasteiger partial charge in [-0.25, -0.2) is 0 Å². The molecule has 1 unspecified atom stereocenters. The highest BCUT2D eigenvalue weighted by atomic mass is 16.8. The zero-order chi connectivity index (χ0) is 35.8. The van der Waals surface area contributed by atoms with Gasteiger partial charge in [-0.15, -0.1) is 0 Å². The van der Waals surface area contributed by atoms with Gasteiger partial charge in [-0.2, -0.15) is 0 Å². The van der Waals surface area contributed by atoms with Crippen molar-refractivity contribution in [1.29, 1.82) is 0 Å². The number of rotatable bonds is 17. The first-order chi connectivity index (χ1) is 23.4. The molecule has 0 amide bonds. The molecule has 20 heteroatoms. The van der Waals surface area contributed by atoms with E-state index >= 15 is 0 Å². The van der Waals surface area contributed by atoms with Crippen LogP contribution < -0.4 is 45.0 Å². The molecule has 0 aromatic rings. The second kappa shape index (κ2) is 19.1. The molecule has 0 aromatic carbocycles. The summed E-state index contributed by atoms with van der Waals surface area (Å²) in [4.78, 5) is 0. The summed E-state index contributed by atoms with van der Waals surface area (Å²) in [5.41, 5.74) is 35.8. The fourth-order valence-electron chi connectivity index (χ4n) is 6.37. The van der Waals surface area contributed by atoms with Gasteiger partial charge in [-0.3, -0.25) is 0 Å². The van der Waals surface area contributed by atoms with Gasteiger partial charge in [-0.05, 0) is 25.9 Å². The smallest absolute Gasteiger partial charge is 0.187 e. The maximum absolute atomic E-state index is 11.6. The third-order valence-corrected chi connectivity index (χ3v) is 9.31. The number of hydrogen-bond acceptors (Lipinski definition) is 20. The van der Waals surface area contributed by atoms with Gasteiger partial charge in [0.15, 0.2) is 18.9 Å². The van der Waals surface area contributed by atoms with Gasteiger partial charge < -0.3 is 104 Å². The summed E-state index contributed by atoms with van der Waals surface area (Å²) < 4.78 is 36.1. The maximum Gasteiger partial charge on any atom is 0.187 e. The molecule has 0 bridgehead atoms. The SMILES string of the molecule is NCCCNC[C@@H]1C=C[C@@H](N)[C@@H](O[C@H]2[C@H](O[C@@H]3O[C@H](CO)[C@@H](O[C@H]4O[C@@H](CN)[C@@H](O)[C@H](O)[C@H]4N)[C@H]3O)[C@@H](O)[C@H](NCC(O)CN)C[C@@H]2N)O1. The monoisotopic (exact) mass is 710 g/mol. The fourth-order valence-corrected chi connectivity index (χ4v) is 6.37. The highest BCUT2D eigenvalue weighted by Crippen LogP contribution is 2.34. The van der Waals surface area contributed by atoms with Crippen molar-refractivity contribution in [2.24, 2.45) is 34.4 Å². The van der Waals surface area contributed by atoms with E-state index in [1.807, 2.05) is 6.08 Å². The molecule has 0 aromatic heterocycles. The molecule has 20 N–H and O–H groups in total. The Morgan fingerprint density at radius 2 is 1.49 bits per heavy atom. The first-order valence-corrected chi connectivity index (χ1v) is 16.9. The minimum atomic E-state index is -1.58. The topological polar surface area (TPSA) is 357 Å². The minimum absolute atomic E-state index is 0.0113. The standard InChI is InChI=1S/C29H58N8O12/c30-4-1-5-36-10-13-2-3-14(33)27(44-13)47-24-15(34)6-16(37-9-12(39)7-31)20(40)26(24)49-29-23(43)25(18(11-38)46-29)48-28-19(35)22(42)21(41)17(8-32)45-28/h2-3,12-29,36-43H,1,4-11,30-35H2/t12?,13-,14+,15-,16+,17-,18+,19+,20-,21+,22+,23+,24+,25+,26+,27+,28+,29-/m0/s1. The zero-order valence-electron chi connectivity index (χ0n) is 27.5. The highest BCUT2D eigenvalue weighted by molar-refractivity contribution is 5.06. The van der Waals surface area contributed by atoms with Gasteiger partial charge in [0.25, 0.3) is 0 Å². The second-order valence-electron chi connectivity index (χ2n) is 13.0. The zero-order valence-corrected chi connectivity index (χ0v) is 27.5. The van der Waals surface area contributed by atoms with Crippen LogP contribution in [-0.2, 0) is 28.4 Å². The van der Waals surface area contributed by atoms with E-state index < -0.39 is 111 Å². The number of aliphatic hydroxyl groups is 6. The van der Waals surface area contributed by atoms with Crippen molar-refractivity contribution in [2.45, 2.75) is 123 Å². The highest BCUT2D eigenvalue weighted by Gasteiger charge is 2.54. The molecule has 1 saturated carbocycles. The molecule has 1 aliphatic carbocycles. The van der Waals surface area contributed by atoms with Gasteiger partial charge in [0, 0.05) is 38.3 Å². The van der Waals surface area contributed by atoms with Gasteiger partial charge >= 0.3 is 0 Å². The average molecular weight is 711 g/mol. The Kier molecular flexibility index (Phi) is 15.9. The number of nitrogens with two attached hydrogens (primary N) is 6. The summed E-state index contributed by atoms with van der Waals surface area (Å²) in [6, 6.07) is -3.38. The van der Waals surface area contributed by atoms with E-state index in [0.717, 1.165) is 6.42 Å². The molecule has 286 valence electrons. The Hall–Kier alpha value is -1.06. The van der Waals surface area contributed by atoms with E-state index in [1.54, 1.807) is 6.08 Å². The van der Waals surface area contributed by atoms with Crippen molar-refractivity contribution in [3.63, 3.8) is 0 Å². The van der Waals surface area contributed by atoms with Crippen LogP contribution in [0, 0.1) is 0 Å². The van der Waals surface area contributed by atoms with E-state index in [-0.39, 0.29) is 32.2 Å². The summed E-state index contributed by atoms with van der Waals surface area (Å²) in [6.07, 6.45) is -12.0. The maximum atomic E-state index is 11.6. The molecule has 3 aliphatic heterocycles. The largest absolute Gasteiger partial charge is 0.394 e. The first kappa shape index (κ1) is 40.7. The number of aliphatic hydroxyl groups excluding tert-OH is 6.